The molecule has 6 heteroatoms. The van der Waals surface area contributed by atoms with Crippen LogP contribution in [0.15, 0.2) is 53.4 Å². The van der Waals surface area contributed by atoms with Gasteiger partial charge < -0.3 is 11.5 Å². The van der Waals surface area contributed by atoms with E-state index in [0.29, 0.717) is 5.56 Å². The van der Waals surface area contributed by atoms with Crippen LogP contribution >= 0.6 is 11.8 Å². The third kappa shape index (κ3) is 2.23. The zero-order valence-corrected chi connectivity index (χ0v) is 11.7. The van der Waals surface area contributed by atoms with Crippen molar-refractivity contribution < 1.29 is 13.2 Å². The number of alkyl halides is 3. The van der Waals surface area contributed by atoms with E-state index in [1.807, 2.05) is 24.3 Å². The van der Waals surface area contributed by atoms with Crippen LogP contribution in [0, 0.1) is 0 Å². The maximum atomic E-state index is 12.9. The third-order valence-corrected chi connectivity index (χ3v) is 4.94. The van der Waals surface area contributed by atoms with E-state index >= 15 is 0 Å². The Hall–Kier alpha value is -1.50. The van der Waals surface area contributed by atoms with Crippen molar-refractivity contribution in [2.24, 2.45) is 11.5 Å². The summed E-state index contributed by atoms with van der Waals surface area (Å²) in [5, 5.41) is -0.529. The van der Waals surface area contributed by atoms with Crippen LogP contribution < -0.4 is 11.5 Å². The van der Waals surface area contributed by atoms with Crippen LogP contribution in [0.25, 0.3) is 0 Å². The summed E-state index contributed by atoms with van der Waals surface area (Å²) in [4.78, 5) is 0.907. The second-order valence-corrected chi connectivity index (χ2v) is 6.17. The van der Waals surface area contributed by atoms with Crippen LogP contribution in [0.3, 0.4) is 0 Å². The summed E-state index contributed by atoms with van der Waals surface area (Å²) in [5.41, 5.74) is 11.8. The van der Waals surface area contributed by atoms with E-state index in [-0.39, 0.29) is 0 Å². The van der Waals surface area contributed by atoms with E-state index in [0.717, 1.165) is 22.6 Å². The molecule has 4 N–H and O–H groups in total. The van der Waals surface area contributed by atoms with Crippen LogP contribution in [0.5, 0.6) is 0 Å². The van der Waals surface area contributed by atoms with E-state index in [1.165, 1.54) is 17.8 Å². The molecule has 110 valence electrons. The number of hydrogen-bond donors (Lipinski definition) is 2. The number of nitrogens with two attached hydrogens (primary N) is 2. The molecule has 0 bridgehead atoms. The third-order valence-electron chi connectivity index (χ3n) is 3.70. The van der Waals surface area contributed by atoms with Crippen LogP contribution in [-0.4, -0.2) is 5.37 Å². The smallest absolute Gasteiger partial charge is 0.317 e. The van der Waals surface area contributed by atoms with Gasteiger partial charge in [0.25, 0.3) is 0 Å². The molecule has 2 aromatic rings. The van der Waals surface area contributed by atoms with Gasteiger partial charge in [-0.2, -0.15) is 13.2 Å². The standard InChI is InChI=1S/C15H13F3N2S/c16-15(17,18)10-5-3-4-9(8-10)14(20)11-6-1-2-7-12(11)21-13(14)19/h1-8,13H,19-20H2. The molecule has 0 spiro atoms. The van der Waals surface area contributed by atoms with E-state index in [2.05, 4.69) is 0 Å². The molecule has 0 saturated carbocycles. The number of benzene rings is 2. The summed E-state index contributed by atoms with van der Waals surface area (Å²) in [6.45, 7) is 0. The molecule has 0 radical (unpaired) electrons. The highest BCUT2D eigenvalue weighted by Gasteiger charge is 2.45. The predicted octanol–water partition coefficient (Wildman–Crippen LogP) is 3.30. The Kier molecular flexibility index (Phi) is 3.27. The minimum absolute atomic E-state index is 0.377. The first-order chi connectivity index (χ1) is 9.83. The van der Waals surface area contributed by atoms with Crippen molar-refractivity contribution in [1.29, 1.82) is 0 Å². The lowest BCUT2D eigenvalue weighted by molar-refractivity contribution is -0.137. The molecular weight excluding hydrogens is 297 g/mol. The number of thioether (sulfide) groups is 1. The SMILES string of the molecule is NC1Sc2ccccc2C1(N)c1cccc(C(F)(F)F)c1. The lowest BCUT2D eigenvalue weighted by Crippen LogP contribution is -2.48. The number of fused-ring (bicyclic) bond motifs is 1. The molecule has 3 rings (SSSR count). The molecule has 2 unspecified atom stereocenters. The van der Waals surface area contributed by atoms with E-state index in [1.54, 1.807) is 6.07 Å². The van der Waals surface area contributed by atoms with Crippen molar-refractivity contribution in [2.75, 3.05) is 0 Å². The number of rotatable bonds is 1. The highest BCUT2D eigenvalue weighted by molar-refractivity contribution is 8.00. The maximum absolute atomic E-state index is 12.9. The van der Waals surface area contributed by atoms with Crippen LogP contribution in [0.1, 0.15) is 16.7 Å². The lowest BCUT2D eigenvalue weighted by Gasteiger charge is -2.30. The zero-order valence-electron chi connectivity index (χ0n) is 10.9. The molecule has 1 aliphatic heterocycles. The fourth-order valence-electron chi connectivity index (χ4n) is 2.57. The van der Waals surface area contributed by atoms with Gasteiger partial charge >= 0.3 is 6.18 Å². The highest BCUT2D eigenvalue weighted by atomic mass is 32.2. The van der Waals surface area contributed by atoms with Gasteiger partial charge in [0.15, 0.2) is 0 Å². The van der Waals surface area contributed by atoms with Gasteiger partial charge in [-0.15, -0.1) is 11.8 Å². The van der Waals surface area contributed by atoms with Crippen LogP contribution in [0.4, 0.5) is 13.2 Å². The van der Waals surface area contributed by atoms with Gasteiger partial charge in [0.2, 0.25) is 0 Å². The molecule has 1 heterocycles. The number of hydrogen-bond acceptors (Lipinski definition) is 3. The minimum atomic E-state index is -4.40. The van der Waals surface area contributed by atoms with Gasteiger partial charge in [-0.05, 0) is 29.3 Å². The summed E-state index contributed by atoms with van der Waals surface area (Å²) in [7, 11) is 0. The molecule has 2 aromatic carbocycles. The Morgan fingerprint density at radius 3 is 2.48 bits per heavy atom. The Morgan fingerprint density at radius 2 is 1.76 bits per heavy atom. The van der Waals surface area contributed by atoms with Crippen LogP contribution in [0.2, 0.25) is 0 Å². The molecule has 0 amide bonds. The summed E-state index contributed by atoms with van der Waals surface area (Å²) >= 11 is 1.38. The molecule has 21 heavy (non-hydrogen) atoms. The molecule has 2 atom stereocenters. The zero-order chi connectivity index (χ0) is 15.3. The number of halogens is 3. The monoisotopic (exact) mass is 310 g/mol. The first-order valence-electron chi connectivity index (χ1n) is 6.32. The summed E-state index contributed by atoms with van der Waals surface area (Å²) in [6, 6.07) is 12.4. The molecule has 0 aromatic heterocycles. The second kappa shape index (κ2) is 4.76. The topological polar surface area (TPSA) is 52.0 Å². The average Bonchev–Trinajstić information content (AvgIpc) is 2.71. The highest BCUT2D eigenvalue weighted by Crippen LogP contribution is 2.48. The molecule has 2 nitrogen and oxygen atoms in total. The first-order valence-corrected chi connectivity index (χ1v) is 7.20. The van der Waals surface area contributed by atoms with Gasteiger partial charge in [-0.3, -0.25) is 0 Å². The van der Waals surface area contributed by atoms with E-state index in [4.69, 9.17) is 11.5 Å². The quantitative estimate of drug-likeness (QED) is 0.850. The van der Waals surface area contributed by atoms with Crippen molar-refractivity contribution >= 4 is 11.8 Å². The van der Waals surface area contributed by atoms with E-state index in [9.17, 15) is 13.2 Å². The van der Waals surface area contributed by atoms with E-state index < -0.39 is 22.7 Å². The van der Waals surface area contributed by atoms with Gasteiger partial charge in [0.1, 0.15) is 0 Å². The molecule has 0 aliphatic carbocycles. The van der Waals surface area contributed by atoms with Gasteiger partial charge in [-0.25, -0.2) is 0 Å². The summed E-state index contributed by atoms with van der Waals surface area (Å²) in [6.07, 6.45) is -4.40. The predicted molar refractivity (Wildman–Crippen MR) is 76.7 cm³/mol. The second-order valence-electron chi connectivity index (χ2n) is 4.98. The van der Waals surface area contributed by atoms with Gasteiger partial charge in [0.05, 0.1) is 16.5 Å². The Morgan fingerprint density at radius 1 is 1.05 bits per heavy atom. The van der Waals surface area contributed by atoms with Crippen molar-refractivity contribution in [3.05, 3.63) is 65.2 Å². The van der Waals surface area contributed by atoms with Gasteiger partial charge in [0, 0.05) is 4.90 Å². The molecular formula is C15H13F3N2S. The summed E-state index contributed by atoms with van der Waals surface area (Å²) < 4.78 is 38.7. The normalized spacial score (nSPS) is 24.9. The van der Waals surface area contributed by atoms with Crippen molar-refractivity contribution in [3.63, 3.8) is 0 Å². The van der Waals surface area contributed by atoms with Gasteiger partial charge in [-0.1, -0.05) is 30.3 Å². The molecule has 1 aliphatic rings. The Bertz CT molecular complexity index is 687. The average molecular weight is 310 g/mol. The fourth-order valence-corrected chi connectivity index (χ4v) is 3.81. The van der Waals surface area contributed by atoms with Crippen molar-refractivity contribution in [3.8, 4) is 0 Å². The van der Waals surface area contributed by atoms with Crippen molar-refractivity contribution in [1.82, 2.24) is 0 Å². The lowest BCUT2D eigenvalue weighted by atomic mass is 9.83. The van der Waals surface area contributed by atoms with Crippen molar-refractivity contribution in [2.45, 2.75) is 22.0 Å². The largest absolute Gasteiger partial charge is 0.416 e. The molecule has 0 saturated heterocycles. The Labute approximate surface area is 124 Å². The minimum Gasteiger partial charge on any atom is -0.317 e. The maximum Gasteiger partial charge on any atom is 0.416 e. The Balaban J connectivity index is 2.16. The fraction of sp³-hybridized carbons (Fsp3) is 0.200. The first kappa shape index (κ1) is 14.4. The van der Waals surface area contributed by atoms with Crippen LogP contribution in [-0.2, 0) is 11.7 Å². The molecule has 0 fully saturated rings. The summed E-state index contributed by atoms with van der Waals surface area (Å²) in [5.74, 6) is 0.